The predicted molar refractivity (Wildman–Crippen MR) is 136 cm³/mol. The molecule has 0 unspecified atom stereocenters. The molecular formula is C27H32N6O. The summed E-state index contributed by atoms with van der Waals surface area (Å²) < 4.78 is 4.37. The Labute approximate surface area is 200 Å². The maximum absolute atomic E-state index is 11.4. The normalized spacial score (nSPS) is 15.1. The molecule has 1 N–H and O–H groups in total. The van der Waals surface area contributed by atoms with Gasteiger partial charge in [-0.25, -0.2) is 9.97 Å². The van der Waals surface area contributed by atoms with Crippen molar-refractivity contribution in [3.63, 3.8) is 0 Å². The molecule has 0 spiro atoms. The number of imidazole rings is 2. The molecule has 2 aromatic heterocycles. The molecule has 2 aromatic carbocycles. The number of rotatable bonds is 7. The van der Waals surface area contributed by atoms with Gasteiger partial charge < -0.3 is 19.4 Å². The van der Waals surface area contributed by atoms with Crippen LogP contribution in [0.25, 0.3) is 22.6 Å². The topological polar surface area (TPSA) is 68.0 Å². The summed E-state index contributed by atoms with van der Waals surface area (Å²) >= 11 is 0. The van der Waals surface area contributed by atoms with Crippen LogP contribution in [0.3, 0.4) is 0 Å². The van der Waals surface area contributed by atoms with Gasteiger partial charge in [0.2, 0.25) is 5.91 Å². The lowest BCUT2D eigenvalue weighted by Gasteiger charge is -2.32. The van der Waals surface area contributed by atoms with E-state index in [0.29, 0.717) is 5.92 Å². The molecule has 1 amide bonds. The molecule has 7 heteroatoms. The standard InChI is InChI=1S/C27H32N6O/c1-20(34)29-23-8-5-7-22(17-23)21-11-15-32(16-12-21)13-6-14-33-25-10-4-3-9-24(25)30-27(33)26-18-28-19-31(26)2/h3-5,7-10,17-19,21H,6,11-16H2,1-2H3,(H,29,34). The molecule has 34 heavy (non-hydrogen) atoms. The first-order chi connectivity index (χ1) is 16.6. The Morgan fingerprint density at radius 1 is 1.09 bits per heavy atom. The molecular weight excluding hydrogens is 424 g/mol. The maximum atomic E-state index is 11.4. The summed E-state index contributed by atoms with van der Waals surface area (Å²) in [6.45, 7) is 5.77. The number of hydrogen-bond acceptors (Lipinski definition) is 4. The number of aryl methyl sites for hydroxylation is 2. The van der Waals surface area contributed by atoms with E-state index in [0.717, 1.165) is 68.2 Å². The van der Waals surface area contributed by atoms with E-state index in [-0.39, 0.29) is 5.91 Å². The molecule has 0 atom stereocenters. The average molecular weight is 457 g/mol. The third kappa shape index (κ3) is 4.75. The molecule has 1 aliphatic rings. The highest BCUT2D eigenvalue weighted by Crippen LogP contribution is 2.30. The number of amides is 1. The monoisotopic (exact) mass is 456 g/mol. The van der Waals surface area contributed by atoms with E-state index in [1.54, 1.807) is 6.92 Å². The van der Waals surface area contributed by atoms with E-state index in [1.165, 1.54) is 11.1 Å². The van der Waals surface area contributed by atoms with Crippen molar-refractivity contribution in [3.05, 3.63) is 66.6 Å². The lowest BCUT2D eigenvalue weighted by Crippen LogP contribution is -2.34. The number of aromatic nitrogens is 4. The predicted octanol–water partition coefficient (Wildman–Crippen LogP) is 4.66. The third-order valence-electron chi connectivity index (χ3n) is 6.82. The van der Waals surface area contributed by atoms with Crippen molar-refractivity contribution in [2.45, 2.75) is 38.6 Å². The second-order valence-electron chi connectivity index (χ2n) is 9.24. The van der Waals surface area contributed by atoms with Gasteiger partial charge in [-0.1, -0.05) is 24.3 Å². The fourth-order valence-corrected chi connectivity index (χ4v) is 5.09. The minimum absolute atomic E-state index is 0.0239. The molecule has 4 aromatic rings. The van der Waals surface area contributed by atoms with Crippen LogP contribution >= 0.6 is 0 Å². The zero-order chi connectivity index (χ0) is 23.5. The van der Waals surface area contributed by atoms with Crippen LogP contribution in [0.2, 0.25) is 0 Å². The van der Waals surface area contributed by atoms with Crippen molar-refractivity contribution < 1.29 is 4.79 Å². The first-order valence-electron chi connectivity index (χ1n) is 12.1. The molecule has 0 aliphatic carbocycles. The van der Waals surface area contributed by atoms with Crippen LogP contribution < -0.4 is 5.32 Å². The highest BCUT2D eigenvalue weighted by molar-refractivity contribution is 5.88. The summed E-state index contributed by atoms with van der Waals surface area (Å²) in [5.41, 5.74) is 5.47. The van der Waals surface area contributed by atoms with Crippen molar-refractivity contribution in [2.24, 2.45) is 7.05 Å². The van der Waals surface area contributed by atoms with Crippen LogP contribution in [0.15, 0.2) is 61.1 Å². The van der Waals surface area contributed by atoms with Crippen molar-refractivity contribution in [1.82, 2.24) is 24.0 Å². The van der Waals surface area contributed by atoms with Gasteiger partial charge in [-0.2, -0.15) is 0 Å². The van der Waals surface area contributed by atoms with Gasteiger partial charge >= 0.3 is 0 Å². The molecule has 0 bridgehead atoms. The van der Waals surface area contributed by atoms with Crippen LogP contribution in [-0.2, 0) is 18.4 Å². The Bertz CT molecular complexity index is 1280. The molecule has 1 fully saturated rings. The summed E-state index contributed by atoms with van der Waals surface area (Å²) in [6.07, 6.45) is 7.10. The minimum Gasteiger partial charge on any atom is -0.331 e. The summed E-state index contributed by atoms with van der Waals surface area (Å²) in [5, 5.41) is 2.90. The first kappa shape index (κ1) is 22.3. The number of anilines is 1. The van der Waals surface area contributed by atoms with E-state index >= 15 is 0 Å². The number of benzene rings is 2. The SMILES string of the molecule is CC(=O)Nc1cccc(C2CCN(CCCn3c(-c4cncn4C)nc4ccccc43)CC2)c1. The largest absolute Gasteiger partial charge is 0.331 e. The summed E-state index contributed by atoms with van der Waals surface area (Å²) in [6, 6.07) is 16.7. The Morgan fingerprint density at radius 2 is 1.91 bits per heavy atom. The zero-order valence-electron chi connectivity index (χ0n) is 19.9. The van der Waals surface area contributed by atoms with Crippen LogP contribution in [0.5, 0.6) is 0 Å². The van der Waals surface area contributed by atoms with Crippen molar-refractivity contribution in [2.75, 3.05) is 25.0 Å². The minimum atomic E-state index is -0.0239. The Hall–Kier alpha value is -3.45. The van der Waals surface area contributed by atoms with Crippen LogP contribution in [0.4, 0.5) is 5.69 Å². The number of fused-ring (bicyclic) bond motifs is 1. The smallest absolute Gasteiger partial charge is 0.221 e. The van der Waals surface area contributed by atoms with Gasteiger partial charge in [0.25, 0.3) is 0 Å². The van der Waals surface area contributed by atoms with Crippen molar-refractivity contribution >= 4 is 22.6 Å². The van der Waals surface area contributed by atoms with Crippen molar-refractivity contribution in [3.8, 4) is 11.5 Å². The number of hydrogen-bond donors (Lipinski definition) is 1. The summed E-state index contributed by atoms with van der Waals surface area (Å²) in [4.78, 5) is 23.2. The molecule has 1 aliphatic heterocycles. The quantitative estimate of drug-likeness (QED) is 0.439. The van der Waals surface area contributed by atoms with Gasteiger partial charge in [0, 0.05) is 26.2 Å². The van der Waals surface area contributed by atoms with Gasteiger partial charge in [0.15, 0.2) is 5.82 Å². The molecule has 0 saturated carbocycles. The molecule has 176 valence electrons. The van der Waals surface area contributed by atoms with E-state index in [9.17, 15) is 4.79 Å². The van der Waals surface area contributed by atoms with E-state index < -0.39 is 0 Å². The van der Waals surface area contributed by atoms with Gasteiger partial charge in [0.1, 0.15) is 5.69 Å². The summed E-state index contributed by atoms with van der Waals surface area (Å²) in [5.74, 6) is 1.52. The second kappa shape index (κ2) is 9.81. The van der Waals surface area contributed by atoms with E-state index in [1.807, 2.05) is 42.3 Å². The second-order valence-corrected chi connectivity index (χ2v) is 9.24. The fraction of sp³-hybridized carbons (Fsp3) is 0.370. The molecule has 7 nitrogen and oxygen atoms in total. The van der Waals surface area contributed by atoms with Gasteiger partial charge in [-0.3, -0.25) is 4.79 Å². The first-order valence-corrected chi connectivity index (χ1v) is 12.1. The Kier molecular flexibility index (Phi) is 6.45. The Morgan fingerprint density at radius 3 is 2.68 bits per heavy atom. The van der Waals surface area contributed by atoms with Gasteiger partial charge in [-0.05, 0) is 74.6 Å². The van der Waals surface area contributed by atoms with Crippen LogP contribution in [0, 0.1) is 0 Å². The average Bonchev–Trinajstić information content (AvgIpc) is 3.42. The lowest BCUT2D eigenvalue weighted by atomic mass is 9.89. The van der Waals surface area contributed by atoms with E-state index in [2.05, 4.69) is 50.1 Å². The number of piperidine rings is 1. The Balaban J connectivity index is 1.20. The van der Waals surface area contributed by atoms with E-state index in [4.69, 9.17) is 4.98 Å². The summed E-state index contributed by atoms with van der Waals surface area (Å²) in [7, 11) is 2.02. The van der Waals surface area contributed by atoms with Gasteiger partial charge in [-0.15, -0.1) is 0 Å². The van der Waals surface area contributed by atoms with Crippen molar-refractivity contribution in [1.29, 1.82) is 0 Å². The fourth-order valence-electron chi connectivity index (χ4n) is 5.09. The zero-order valence-corrected chi connectivity index (χ0v) is 19.9. The third-order valence-corrected chi connectivity index (χ3v) is 6.82. The van der Waals surface area contributed by atoms with Crippen LogP contribution in [-0.4, -0.2) is 49.5 Å². The number of likely N-dealkylation sites (tertiary alicyclic amines) is 1. The number of carbonyl (C=O) groups is 1. The highest BCUT2D eigenvalue weighted by Gasteiger charge is 2.21. The number of para-hydroxylation sites is 2. The maximum Gasteiger partial charge on any atom is 0.221 e. The number of nitrogens with zero attached hydrogens (tertiary/aromatic N) is 5. The highest BCUT2D eigenvalue weighted by atomic mass is 16.1. The molecule has 1 saturated heterocycles. The molecule has 3 heterocycles. The molecule has 5 rings (SSSR count). The van der Waals surface area contributed by atoms with Crippen LogP contribution in [0.1, 0.15) is 37.7 Å². The lowest BCUT2D eigenvalue weighted by molar-refractivity contribution is -0.114. The number of nitrogens with one attached hydrogen (secondary N) is 1. The molecule has 0 radical (unpaired) electrons. The number of carbonyl (C=O) groups excluding carboxylic acids is 1. The van der Waals surface area contributed by atoms with Gasteiger partial charge in [0.05, 0.1) is 23.6 Å².